The second kappa shape index (κ2) is 5.82. The topological polar surface area (TPSA) is 21.5 Å². The van der Waals surface area contributed by atoms with E-state index in [2.05, 4.69) is 22.6 Å². The molecule has 0 saturated carbocycles. The molecular weight excluding hydrogens is 222 g/mol. The fourth-order valence-electron chi connectivity index (χ4n) is 1.75. The molecule has 18 heavy (non-hydrogen) atoms. The molecule has 2 aromatic heterocycles. The molecule has 0 aliphatic rings. The number of carbonyl (C=O) groups is 1. The fraction of sp³-hybridized carbons (Fsp3) is 0.0625. The van der Waals surface area contributed by atoms with Gasteiger partial charge in [-0.3, -0.25) is 4.79 Å². The molecule has 0 fully saturated rings. The van der Waals surface area contributed by atoms with Gasteiger partial charge in [0.05, 0.1) is 5.52 Å². The van der Waals surface area contributed by atoms with Gasteiger partial charge in [0.1, 0.15) is 6.29 Å². The minimum atomic E-state index is 0.796. The lowest BCUT2D eigenvalue weighted by Gasteiger charge is -1.93. The molecule has 2 nitrogen and oxygen atoms in total. The average Bonchev–Trinajstić information content (AvgIpc) is 2.78. The first kappa shape index (κ1) is 12.1. The molecule has 0 aliphatic carbocycles. The summed E-state index contributed by atoms with van der Waals surface area (Å²) in [6, 6.07) is 8.20. The number of rotatable bonds is 4. The summed E-state index contributed by atoms with van der Waals surface area (Å²) in [5, 5.41) is 0. The number of fused-ring (bicyclic) bond motifs is 1. The van der Waals surface area contributed by atoms with Crippen molar-refractivity contribution >= 4 is 17.9 Å². The highest BCUT2D eigenvalue weighted by Crippen LogP contribution is 2.13. The van der Waals surface area contributed by atoms with E-state index in [1.165, 1.54) is 17.2 Å². The zero-order chi connectivity index (χ0) is 12.8. The summed E-state index contributed by atoms with van der Waals surface area (Å²) in [7, 11) is 0. The summed E-state index contributed by atoms with van der Waals surface area (Å²) in [5.74, 6) is 0. The van der Waals surface area contributed by atoms with Crippen molar-refractivity contribution in [3.05, 3.63) is 72.1 Å². The quantitative estimate of drug-likeness (QED) is 0.452. The number of hydrogen-bond acceptors (Lipinski definition) is 1. The minimum absolute atomic E-state index is 0.796. The van der Waals surface area contributed by atoms with E-state index in [4.69, 9.17) is 0 Å². The van der Waals surface area contributed by atoms with E-state index in [9.17, 15) is 4.79 Å². The van der Waals surface area contributed by atoms with Crippen LogP contribution in [-0.2, 0) is 4.79 Å². The molecule has 0 N–H and O–H groups in total. The van der Waals surface area contributed by atoms with Gasteiger partial charge in [-0.1, -0.05) is 30.4 Å². The van der Waals surface area contributed by atoms with Gasteiger partial charge in [-0.25, -0.2) is 0 Å². The Kier molecular flexibility index (Phi) is 3.92. The van der Waals surface area contributed by atoms with E-state index in [1.54, 1.807) is 0 Å². The number of nitrogens with zero attached hydrogens (tertiary/aromatic N) is 1. The molecule has 0 aliphatic heterocycles. The molecular formula is C16H15NO. The third-order valence-corrected chi connectivity index (χ3v) is 2.68. The highest BCUT2D eigenvalue weighted by Gasteiger charge is 1.95. The summed E-state index contributed by atoms with van der Waals surface area (Å²) >= 11 is 0. The Hall–Kier alpha value is -2.35. The van der Waals surface area contributed by atoms with E-state index < -0.39 is 0 Å². The average molecular weight is 237 g/mol. The smallest absolute Gasteiger partial charge is 0.143 e. The fourth-order valence-corrected chi connectivity index (χ4v) is 1.75. The van der Waals surface area contributed by atoms with Gasteiger partial charge >= 0.3 is 0 Å². The Morgan fingerprint density at radius 1 is 1.17 bits per heavy atom. The number of allylic oxidation sites excluding steroid dienone is 5. The molecule has 2 aromatic rings. The lowest BCUT2D eigenvalue weighted by Crippen LogP contribution is -1.78. The first-order chi connectivity index (χ1) is 8.81. The third kappa shape index (κ3) is 2.86. The van der Waals surface area contributed by atoms with Crippen LogP contribution >= 0.6 is 0 Å². The first-order valence-corrected chi connectivity index (χ1v) is 5.84. The highest BCUT2D eigenvalue weighted by atomic mass is 16.1. The minimum Gasteiger partial charge on any atom is -0.323 e. The Morgan fingerprint density at radius 3 is 2.89 bits per heavy atom. The van der Waals surface area contributed by atoms with E-state index in [0.717, 1.165) is 11.9 Å². The van der Waals surface area contributed by atoms with Crippen LogP contribution in [0.5, 0.6) is 0 Å². The molecule has 0 spiro atoms. The van der Waals surface area contributed by atoms with Crippen LogP contribution in [0.15, 0.2) is 66.5 Å². The lowest BCUT2D eigenvalue weighted by molar-refractivity contribution is -0.104. The van der Waals surface area contributed by atoms with Crippen LogP contribution in [0, 0.1) is 0 Å². The first-order valence-electron chi connectivity index (χ1n) is 5.84. The van der Waals surface area contributed by atoms with Gasteiger partial charge in [0, 0.05) is 12.4 Å². The van der Waals surface area contributed by atoms with E-state index in [-0.39, 0.29) is 0 Å². The second-order valence-electron chi connectivity index (χ2n) is 4.03. The van der Waals surface area contributed by atoms with E-state index >= 15 is 0 Å². The number of pyridine rings is 1. The zero-order valence-electron chi connectivity index (χ0n) is 10.3. The lowest BCUT2D eigenvalue weighted by atomic mass is 10.2. The highest BCUT2D eigenvalue weighted by molar-refractivity contribution is 5.70. The molecule has 0 radical (unpaired) electrons. The van der Waals surface area contributed by atoms with Gasteiger partial charge in [0.25, 0.3) is 0 Å². The van der Waals surface area contributed by atoms with E-state index in [0.29, 0.717) is 0 Å². The molecule has 0 amide bonds. The second-order valence-corrected chi connectivity index (χ2v) is 4.03. The maximum atomic E-state index is 10.3. The van der Waals surface area contributed by atoms with Crippen LogP contribution in [0.1, 0.15) is 12.5 Å². The van der Waals surface area contributed by atoms with Crippen molar-refractivity contribution in [3.8, 4) is 0 Å². The molecule has 0 bridgehead atoms. The zero-order valence-corrected chi connectivity index (χ0v) is 10.3. The normalized spacial score (nSPS) is 12.8. The van der Waals surface area contributed by atoms with Crippen LogP contribution in [0.25, 0.3) is 11.6 Å². The van der Waals surface area contributed by atoms with Crippen molar-refractivity contribution in [2.75, 3.05) is 0 Å². The monoisotopic (exact) mass is 237 g/mol. The summed E-state index contributed by atoms with van der Waals surface area (Å²) in [5.41, 5.74) is 3.30. The largest absolute Gasteiger partial charge is 0.323 e. The van der Waals surface area contributed by atoms with Crippen molar-refractivity contribution in [1.29, 1.82) is 0 Å². The van der Waals surface area contributed by atoms with Crippen LogP contribution in [0.3, 0.4) is 0 Å². The van der Waals surface area contributed by atoms with Gasteiger partial charge in [0.15, 0.2) is 0 Å². The van der Waals surface area contributed by atoms with Crippen LogP contribution in [-0.4, -0.2) is 10.7 Å². The standard InChI is InChI=1S/C16H15NO/c1-14(10-13-18)6-2-3-7-15-9-12-17-11-5-4-8-16(15)17/h2-13H,1H3/b6-2+,7-3+,14-10+. The third-order valence-electron chi connectivity index (χ3n) is 2.68. The number of hydrogen-bond donors (Lipinski definition) is 0. The maximum Gasteiger partial charge on any atom is 0.143 e. The van der Waals surface area contributed by atoms with Crippen LogP contribution in [0.4, 0.5) is 0 Å². The summed E-state index contributed by atoms with van der Waals surface area (Å²) in [6.45, 7) is 1.90. The molecule has 0 aromatic carbocycles. The van der Waals surface area contributed by atoms with Gasteiger partial charge in [-0.15, -0.1) is 0 Å². The molecule has 0 unspecified atom stereocenters. The number of carbonyl (C=O) groups excluding carboxylic acids is 1. The number of aromatic nitrogens is 1. The van der Waals surface area contributed by atoms with Crippen molar-refractivity contribution in [2.45, 2.75) is 6.92 Å². The van der Waals surface area contributed by atoms with Crippen LogP contribution < -0.4 is 0 Å². The Morgan fingerprint density at radius 2 is 2.06 bits per heavy atom. The predicted octanol–water partition coefficient (Wildman–Crippen LogP) is 3.65. The molecule has 2 heteroatoms. The van der Waals surface area contributed by atoms with Gasteiger partial charge in [-0.2, -0.15) is 0 Å². The summed E-state index contributed by atoms with van der Waals surface area (Å²) < 4.78 is 2.08. The Bertz CT molecular complexity index is 629. The molecule has 0 saturated heterocycles. The van der Waals surface area contributed by atoms with Gasteiger partial charge in [-0.05, 0) is 42.3 Å². The number of aldehydes is 1. The van der Waals surface area contributed by atoms with Crippen LogP contribution in [0.2, 0.25) is 0 Å². The van der Waals surface area contributed by atoms with Crippen molar-refractivity contribution < 1.29 is 4.79 Å². The Balaban J connectivity index is 2.14. The molecule has 0 atom stereocenters. The molecule has 90 valence electrons. The van der Waals surface area contributed by atoms with Crippen molar-refractivity contribution in [3.63, 3.8) is 0 Å². The molecule has 2 heterocycles. The Labute approximate surface area is 107 Å². The SMILES string of the molecule is CC(/C=C/C=C/c1ccn2ccccc12)=C\C=O. The van der Waals surface area contributed by atoms with Crippen molar-refractivity contribution in [1.82, 2.24) is 4.40 Å². The summed E-state index contributed by atoms with van der Waals surface area (Å²) in [6.07, 6.45) is 14.3. The maximum absolute atomic E-state index is 10.3. The van der Waals surface area contributed by atoms with Gasteiger partial charge < -0.3 is 4.40 Å². The van der Waals surface area contributed by atoms with E-state index in [1.807, 2.05) is 49.7 Å². The van der Waals surface area contributed by atoms with Crippen molar-refractivity contribution in [2.24, 2.45) is 0 Å². The van der Waals surface area contributed by atoms with Gasteiger partial charge in [0.2, 0.25) is 0 Å². The molecule has 2 rings (SSSR count). The summed E-state index contributed by atoms with van der Waals surface area (Å²) in [4.78, 5) is 10.3. The predicted molar refractivity (Wildman–Crippen MR) is 75.4 cm³/mol.